The van der Waals surface area contributed by atoms with Crippen LogP contribution in [0.2, 0.25) is 0 Å². The molecule has 140 heavy (non-hydrogen) atoms. The van der Waals surface area contributed by atoms with Crippen LogP contribution in [-0.4, -0.2) is 255 Å². The molecule has 0 aliphatic carbocycles. The van der Waals surface area contributed by atoms with Crippen molar-refractivity contribution in [1.29, 1.82) is 0 Å². The van der Waals surface area contributed by atoms with E-state index in [2.05, 4.69) is 85.7 Å². The zero-order valence-corrected chi connectivity index (χ0v) is 83.7. The number of carboxylic acid groups (broad SMARTS) is 1. The van der Waals surface area contributed by atoms with E-state index >= 15 is 0 Å². The Labute approximate surface area is 842 Å². The molecule has 0 spiro atoms. The van der Waals surface area contributed by atoms with Crippen LogP contribution in [0.4, 0.5) is 0 Å². The Morgan fingerprint density at radius 2 is 0.479 bits per heavy atom. The van der Waals surface area contributed by atoms with Crippen LogP contribution in [0.5, 0.6) is 34.5 Å². The van der Waals surface area contributed by atoms with E-state index in [9.17, 15) is 120 Å². The van der Waals surface area contributed by atoms with Crippen molar-refractivity contribution in [3.05, 3.63) is 179 Å². The van der Waals surface area contributed by atoms with E-state index in [1.165, 1.54) is 187 Å². The Morgan fingerprint density at radius 3 is 0.757 bits per heavy atom. The molecule has 0 aromatic heterocycles. The molecule has 0 radical (unpaired) electrons. The van der Waals surface area contributed by atoms with E-state index in [0.717, 1.165) is 20.8 Å². The van der Waals surface area contributed by atoms with E-state index in [0.29, 0.717) is 70.6 Å². The molecule has 9 unspecified atom stereocenters. The Bertz CT molecular complexity index is 5600. The van der Waals surface area contributed by atoms with Gasteiger partial charge in [0.15, 0.2) is 0 Å². The van der Waals surface area contributed by atoms with Crippen LogP contribution < -0.4 is 82.0 Å². The zero-order chi connectivity index (χ0) is 105. The van der Waals surface area contributed by atoms with E-state index in [-0.39, 0.29) is 126 Å². The first-order chi connectivity index (χ1) is 66.2. The number of carbonyl (C=O) groups excluding carboxylic acids is 23. The maximum atomic E-state index is 13.3. The Balaban J connectivity index is 0.000000438. The van der Waals surface area contributed by atoms with Crippen molar-refractivity contribution in [3.8, 4) is 34.5 Å². The molecule has 6 aromatic carbocycles. The van der Waals surface area contributed by atoms with Gasteiger partial charge in [0, 0.05) is 114 Å². The highest BCUT2D eigenvalue weighted by Crippen LogP contribution is 2.32. The summed E-state index contributed by atoms with van der Waals surface area (Å²) >= 11 is 16.1. The summed E-state index contributed by atoms with van der Waals surface area (Å²) in [5, 5.41) is 27.3. The first kappa shape index (κ1) is 119. The molecule has 0 heterocycles. The maximum absolute atomic E-state index is 13.3. The monoisotopic (exact) mass is 2110 g/mol. The van der Waals surface area contributed by atoms with Crippen molar-refractivity contribution in [1.82, 2.24) is 47.9 Å². The number of aliphatic carboxylic acids is 1. The van der Waals surface area contributed by atoms with Crippen molar-refractivity contribution in [2.24, 2.45) is 5.73 Å². The fourth-order valence-electron chi connectivity index (χ4n) is 10.9. The lowest BCUT2D eigenvalue weighted by Gasteiger charge is -2.19. The van der Waals surface area contributed by atoms with Crippen molar-refractivity contribution in [2.75, 3.05) is 58.4 Å². The number of hydrogen-bond acceptors (Lipinski definition) is 40. The average Bonchev–Trinajstić information content (AvgIpc) is 0.830. The molecule has 6 aromatic rings. The van der Waals surface area contributed by atoms with E-state index < -0.39 is 192 Å². The summed E-state index contributed by atoms with van der Waals surface area (Å²) in [6.07, 6.45) is 0. The van der Waals surface area contributed by atoms with Gasteiger partial charge in [0.05, 0.1) is 23.3 Å². The minimum atomic E-state index is -1.35. The quantitative estimate of drug-likeness (QED) is 0.0144. The van der Waals surface area contributed by atoms with Gasteiger partial charge in [0.2, 0.25) is 89.8 Å². The number of ether oxygens (including phenoxy) is 7. The molecular weight excluding hydrogens is 2010 g/mol. The first-order valence-electron chi connectivity index (χ1n) is 41.1. The summed E-state index contributed by atoms with van der Waals surface area (Å²) in [5.74, 6) is -15.9. The minimum absolute atomic E-state index is 0.00846. The van der Waals surface area contributed by atoms with Gasteiger partial charge in [-0.15, -0.1) is 0 Å². The summed E-state index contributed by atoms with van der Waals surface area (Å²) in [7, 11) is 0. The molecular formula is C89H98N10O32S9. The molecule has 12 N–H and O–H groups in total. The Hall–Kier alpha value is -13.1. The van der Waals surface area contributed by atoms with Crippen LogP contribution in [0.25, 0.3) is 0 Å². The van der Waals surface area contributed by atoms with Gasteiger partial charge >= 0.3 is 47.8 Å². The second kappa shape index (κ2) is 62.1. The average molecular weight is 2110 g/mol. The molecule has 0 aliphatic rings. The normalized spacial score (nSPS) is 12.4. The van der Waals surface area contributed by atoms with Crippen LogP contribution >= 0.6 is 108 Å². The molecule has 0 aliphatic heterocycles. The Kier molecular flexibility index (Phi) is 52.9. The van der Waals surface area contributed by atoms with Crippen LogP contribution in [-0.2, 0) is 91.0 Å². The second-order valence-corrected chi connectivity index (χ2v) is 35.6. The van der Waals surface area contributed by atoms with Crippen LogP contribution in [0.15, 0.2) is 146 Å². The summed E-state index contributed by atoms with van der Waals surface area (Å²) in [5.41, 5.74) is 4.66. The third-order valence-electron chi connectivity index (χ3n) is 17.1. The topological polar surface area (TPSA) is 629 Å². The lowest BCUT2D eigenvalue weighted by Crippen LogP contribution is -2.45. The molecule has 9 atom stereocenters. The number of para-hydroxylation sites is 6. The Morgan fingerprint density at radius 1 is 0.271 bits per heavy atom. The predicted molar refractivity (Wildman–Crippen MR) is 527 cm³/mol. The first-order valence-corrected chi connectivity index (χ1v) is 48.9. The zero-order valence-electron chi connectivity index (χ0n) is 76.1. The fraction of sp³-hybridized carbons (Fsp3) is 0.326. The molecule has 750 valence electrons. The summed E-state index contributed by atoms with van der Waals surface area (Å²) < 4.78 is 37.7. The van der Waals surface area contributed by atoms with Crippen molar-refractivity contribution < 1.29 is 153 Å². The van der Waals surface area contributed by atoms with Gasteiger partial charge < -0.3 is 91.8 Å². The predicted octanol–water partition coefficient (Wildman–Crippen LogP) is 4.30. The molecule has 42 nitrogen and oxygen atoms in total. The number of nitrogens with two attached hydrogens (primary N) is 1. The number of rotatable bonds is 46. The van der Waals surface area contributed by atoms with Crippen LogP contribution in [0.1, 0.15) is 131 Å². The van der Waals surface area contributed by atoms with Gasteiger partial charge in [-0.25, -0.2) is 38.4 Å². The third kappa shape index (κ3) is 42.7. The molecule has 10 amide bonds. The summed E-state index contributed by atoms with van der Waals surface area (Å²) in [6.45, 7) is 12.4. The molecule has 0 saturated carbocycles. The van der Waals surface area contributed by atoms with E-state index in [4.69, 9.17) is 38.9 Å². The number of esters is 7. The van der Waals surface area contributed by atoms with Crippen molar-refractivity contribution >= 4 is 246 Å². The number of carboxylic acids is 1. The van der Waals surface area contributed by atoms with Gasteiger partial charge in [-0.05, 0) is 79.7 Å². The molecule has 51 heteroatoms. The molecule has 6 rings (SSSR count). The minimum Gasteiger partial charge on any atom is -0.480 e. The fourth-order valence-corrected chi connectivity index (χ4v) is 17.3. The van der Waals surface area contributed by atoms with E-state index in [1.54, 1.807) is 6.92 Å². The summed E-state index contributed by atoms with van der Waals surface area (Å²) in [6, 6.07) is 23.9. The lowest BCUT2D eigenvalue weighted by atomic mass is 10.2. The maximum Gasteiger partial charge on any atom is 0.347 e. The smallest absolute Gasteiger partial charge is 0.347 e. The standard InChI is InChI=1S/C31H35N3O11S3.C29H32N4O10S3.C29H31N3O11S3/c1-5-43-28(39)23(33-18(3)36)15-47-30(41)21-11-7-9-13-26(21)44-27(38)20-10-6-8-12-25(20)45-29(40)24(34-19(4)37)16-48-31(42)22(14-46)32-17(2)35;1-15(34)31-20(12-44)29(41)46-14-22(33-17(3)36)27(39)43-23-10-6-4-8-18(23)26(38)42-24-11-7-5-9-19(24)28(40)45-13-21(25(30)37)32-16(2)35;1-15(33)30-20(12-44)27(39)43-23-10-6-4-8-18(23)26(38)42-24-11-7-5-9-19(24)28(40)45-14-22(32-17(3)35)29(41)46-13-21(25(36)37)31-16(2)34/h6-13,22-24,46H,5,14-16H2,1-4H3,(H,32,35)(H,33,36)(H,34,37);4-11,20-22,44H,12-14H2,1-3H3,(H2,30,37)(H,31,34)(H,32,35)(H,33,36);4-11,20-22,44H,12-14H2,1-3H3,(H,30,33)(H,31,34)(H,32,35)(H,36,37). The molecule has 0 fully saturated rings. The number of amides is 10. The number of primary amides is 1. The van der Waals surface area contributed by atoms with Crippen LogP contribution in [0.3, 0.4) is 0 Å². The number of nitrogens with one attached hydrogen (secondary N) is 9. The highest BCUT2D eigenvalue weighted by molar-refractivity contribution is 8.16. The van der Waals surface area contributed by atoms with Gasteiger partial charge in [-0.3, -0.25) is 76.7 Å². The van der Waals surface area contributed by atoms with Gasteiger partial charge in [0.25, 0.3) is 0 Å². The highest BCUT2D eigenvalue weighted by atomic mass is 32.2. The molecule has 0 saturated heterocycles. The number of carbonyl (C=O) groups is 24. The third-order valence-corrected chi connectivity index (χ3v) is 24.3. The van der Waals surface area contributed by atoms with Gasteiger partial charge in [-0.1, -0.05) is 143 Å². The second-order valence-electron chi connectivity index (χ2n) is 28.4. The number of thiol groups is 3. The number of thioether (sulfide) groups is 6. The van der Waals surface area contributed by atoms with E-state index in [1.807, 2.05) is 0 Å². The SMILES string of the molecule is CC(=O)NC(CSC(=O)C(CSC(=O)c1ccccc1OC(=O)c1ccccc1OC(=O)C(CS)NC(C)=O)NC(C)=O)C(=O)O.CC(=O)NC(CSC(=O)c1ccccc1OC(=O)c1ccccc1OC(=O)C(CSC(=O)C(CS)NC(C)=O)NC(C)=O)C(N)=O.CCOC(=O)C(CSC(=O)c1ccccc1OC(=O)c1ccccc1OC(=O)C(CSC(=O)C(CS)NC(C)=O)NC(C)=O)NC(C)=O. The highest BCUT2D eigenvalue weighted by Gasteiger charge is 2.35. The lowest BCUT2D eigenvalue weighted by molar-refractivity contribution is -0.146. The summed E-state index contributed by atoms with van der Waals surface area (Å²) in [4.78, 5) is 294. The van der Waals surface area contributed by atoms with Crippen molar-refractivity contribution in [2.45, 2.75) is 124 Å². The van der Waals surface area contributed by atoms with Gasteiger partial charge in [0.1, 0.15) is 106 Å². The number of benzene rings is 6. The van der Waals surface area contributed by atoms with Crippen LogP contribution in [0, 0.1) is 0 Å². The number of hydrogen-bond donors (Lipinski definition) is 14. The van der Waals surface area contributed by atoms with Gasteiger partial charge in [-0.2, -0.15) is 37.9 Å². The molecule has 0 bridgehead atoms. The van der Waals surface area contributed by atoms with Crippen molar-refractivity contribution in [3.63, 3.8) is 0 Å². The largest absolute Gasteiger partial charge is 0.480 e.